The number of nitrogens with zero attached hydrogens (tertiary/aromatic N) is 2. The molecule has 2 fully saturated rings. The zero-order valence-corrected chi connectivity index (χ0v) is 18.9. The van der Waals surface area contributed by atoms with Crippen LogP contribution in [0.5, 0.6) is 0 Å². The standard InChI is InChI=1S/C23H34N4O3S/c1-2-12-30-20(5-1)17-25-23(24-9-8-19-6-3-13-29-19)26-18-21(22-7-4-16-31-22)27-10-14-28-15-11-27/h3-4,6-7,13,16,20-21H,1-2,5,8-12,14-15,17-18H2,(H2,24,25,26). The van der Waals surface area contributed by atoms with Crippen LogP contribution >= 0.6 is 11.3 Å². The monoisotopic (exact) mass is 446 g/mol. The van der Waals surface area contributed by atoms with Gasteiger partial charge in [-0.25, -0.2) is 0 Å². The van der Waals surface area contributed by atoms with Gasteiger partial charge in [0.05, 0.1) is 38.2 Å². The quantitative estimate of drug-likeness (QED) is 0.456. The first-order chi connectivity index (χ1) is 15.4. The Hall–Kier alpha value is -1.87. The number of hydrogen-bond acceptors (Lipinski definition) is 6. The molecule has 0 amide bonds. The molecule has 2 N–H and O–H groups in total. The fraction of sp³-hybridized carbons (Fsp3) is 0.609. The number of furan rings is 1. The summed E-state index contributed by atoms with van der Waals surface area (Å²) in [5, 5.41) is 9.15. The SMILES string of the molecule is c1coc(CCNC(=NCC(c2cccs2)N2CCOCC2)NCC2CCCCO2)c1. The minimum atomic E-state index is 0.262. The Balaban J connectivity index is 1.39. The van der Waals surface area contributed by atoms with Gasteiger partial charge in [0.25, 0.3) is 0 Å². The van der Waals surface area contributed by atoms with Gasteiger partial charge in [-0.15, -0.1) is 11.3 Å². The Morgan fingerprint density at radius 1 is 1.16 bits per heavy atom. The predicted molar refractivity (Wildman–Crippen MR) is 124 cm³/mol. The van der Waals surface area contributed by atoms with Crippen LogP contribution in [0.2, 0.25) is 0 Å². The molecule has 7 nitrogen and oxygen atoms in total. The average Bonchev–Trinajstić information content (AvgIpc) is 3.53. The second kappa shape index (κ2) is 12.2. The van der Waals surface area contributed by atoms with E-state index < -0.39 is 0 Å². The van der Waals surface area contributed by atoms with Crippen molar-refractivity contribution in [1.29, 1.82) is 0 Å². The molecular weight excluding hydrogens is 412 g/mol. The van der Waals surface area contributed by atoms with Crippen molar-refractivity contribution in [2.45, 2.75) is 37.8 Å². The van der Waals surface area contributed by atoms with Crippen LogP contribution in [0.3, 0.4) is 0 Å². The van der Waals surface area contributed by atoms with E-state index in [0.717, 1.165) is 70.6 Å². The molecule has 2 aromatic heterocycles. The molecule has 0 saturated carbocycles. The highest BCUT2D eigenvalue weighted by Crippen LogP contribution is 2.26. The van der Waals surface area contributed by atoms with Crippen molar-refractivity contribution in [3.05, 3.63) is 46.5 Å². The van der Waals surface area contributed by atoms with Crippen LogP contribution in [0.4, 0.5) is 0 Å². The van der Waals surface area contributed by atoms with Gasteiger partial charge in [-0.05, 0) is 42.8 Å². The second-order valence-corrected chi connectivity index (χ2v) is 8.97. The molecule has 0 spiro atoms. The maximum absolute atomic E-state index is 5.89. The van der Waals surface area contributed by atoms with Crippen LogP contribution in [0.15, 0.2) is 45.3 Å². The Morgan fingerprint density at radius 2 is 2.10 bits per heavy atom. The number of hydrogen-bond donors (Lipinski definition) is 2. The van der Waals surface area contributed by atoms with Gasteiger partial charge in [0.1, 0.15) is 5.76 Å². The molecule has 8 heteroatoms. The third kappa shape index (κ3) is 7.07. The summed E-state index contributed by atoms with van der Waals surface area (Å²) in [5.41, 5.74) is 0. The summed E-state index contributed by atoms with van der Waals surface area (Å²) in [5.74, 6) is 1.82. The molecule has 0 radical (unpaired) electrons. The van der Waals surface area contributed by atoms with Crippen LogP contribution in [0, 0.1) is 0 Å². The second-order valence-electron chi connectivity index (χ2n) is 7.99. The van der Waals surface area contributed by atoms with Crippen molar-refractivity contribution in [3.8, 4) is 0 Å². The summed E-state index contributed by atoms with van der Waals surface area (Å²) < 4.78 is 16.9. The third-order valence-electron chi connectivity index (χ3n) is 5.80. The lowest BCUT2D eigenvalue weighted by Crippen LogP contribution is -2.44. The zero-order valence-electron chi connectivity index (χ0n) is 18.1. The largest absolute Gasteiger partial charge is 0.469 e. The fourth-order valence-electron chi connectivity index (χ4n) is 4.05. The van der Waals surface area contributed by atoms with E-state index in [1.165, 1.54) is 17.7 Å². The van der Waals surface area contributed by atoms with Crippen LogP contribution in [0.25, 0.3) is 0 Å². The van der Waals surface area contributed by atoms with E-state index in [1.807, 2.05) is 12.1 Å². The molecule has 2 aliphatic heterocycles. The van der Waals surface area contributed by atoms with E-state index in [9.17, 15) is 0 Å². The first-order valence-electron chi connectivity index (χ1n) is 11.4. The number of guanidine groups is 1. The first kappa shape index (κ1) is 22.3. The van der Waals surface area contributed by atoms with Crippen molar-refractivity contribution in [2.75, 3.05) is 52.5 Å². The van der Waals surface area contributed by atoms with Gasteiger partial charge < -0.3 is 24.5 Å². The summed E-state index contributed by atoms with van der Waals surface area (Å²) >= 11 is 1.80. The van der Waals surface area contributed by atoms with Gasteiger partial charge in [-0.1, -0.05) is 6.07 Å². The number of aliphatic imine (C=N–C) groups is 1. The number of thiophene rings is 1. The molecule has 2 saturated heterocycles. The molecule has 4 heterocycles. The van der Waals surface area contributed by atoms with Gasteiger partial charge >= 0.3 is 0 Å². The van der Waals surface area contributed by atoms with Crippen LogP contribution in [0.1, 0.15) is 35.9 Å². The lowest BCUT2D eigenvalue weighted by atomic mass is 10.1. The molecule has 2 aliphatic rings. The van der Waals surface area contributed by atoms with E-state index in [4.69, 9.17) is 18.9 Å². The maximum Gasteiger partial charge on any atom is 0.191 e. The lowest BCUT2D eigenvalue weighted by molar-refractivity contribution is 0.0181. The minimum Gasteiger partial charge on any atom is -0.469 e. The minimum absolute atomic E-state index is 0.262. The Labute approximate surface area is 188 Å². The summed E-state index contributed by atoms with van der Waals surface area (Å²) in [4.78, 5) is 8.84. The zero-order chi connectivity index (χ0) is 21.1. The van der Waals surface area contributed by atoms with Gasteiger partial charge in [-0.3, -0.25) is 9.89 Å². The molecule has 2 atom stereocenters. The van der Waals surface area contributed by atoms with E-state index in [1.54, 1.807) is 17.6 Å². The molecule has 0 bridgehead atoms. The van der Waals surface area contributed by atoms with Crippen LogP contribution in [-0.2, 0) is 15.9 Å². The van der Waals surface area contributed by atoms with Gasteiger partial charge in [0.15, 0.2) is 5.96 Å². The van der Waals surface area contributed by atoms with Crippen molar-refractivity contribution < 1.29 is 13.9 Å². The van der Waals surface area contributed by atoms with Gasteiger partial charge in [-0.2, -0.15) is 0 Å². The number of morpholine rings is 1. The number of nitrogens with one attached hydrogen (secondary N) is 2. The number of rotatable bonds is 9. The smallest absolute Gasteiger partial charge is 0.191 e. The Bertz CT molecular complexity index is 754. The molecule has 0 aliphatic carbocycles. The fourth-order valence-corrected chi connectivity index (χ4v) is 4.90. The molecule has 0 aromatic carbocycles. The van der Waals surface area contributed by atoms with Crippen LogP contribution < -0.4 is 10.6 Å². The lowest BCUT2D eigenvalue weighted by Gasteiger charge is -2.33. The average molecular weight is 447 g/mol. The predicted octanol–water partition coefficient (Wildman–Crippen LogP) is 3.06. The highest BCUT2D eigenvalue weighted by Gasteiger charge is 2.23. The van der Waals surface area contributed by atoms with E-state index >= 15 is 0 Å². The highest BCUT2D eigenvalue weighted by molar-refractivity contribution is 7.10. The molecule has 2 unspecified atom stereocenters. The van der Waals surface area contributed by atoms with Crippen molar-refractivity contribution in [2.24, 2.45) is 4.99 Å². The topological polar surface area (TPSA) is 71.3 Å². The summed E-state index contributed by atoms with van der Waals surface area (Å²) in [7, 11) is 0. The molecular formula is C23H34N4O3S. The Kier molecular flexibility index (Phi) is 8.82. The highest BCUT2D eigenvalue weighted by atomic mass is 32.1. The maximum atomic E-state index is 5.89. The van der Waals surface area contributed by atoms with Crippen molar-refractivity contribution in [1.82, 2.24) is 15.5 Å². The normalized spacial score (nSPS) is 21.7. The Morgan fingerprint density at radius 3 is 2.84 bits per heavy atom. The number of ether oxygens (including phenoxy) is 2. The summed E-state index contributed by atoms with van der Waals surface area (Å²) in [6, 6.07) is 8.55. The van der Waals surface area contributed by atoms with Crippen molar-refractivity contribution in [3.63, 3.8) is 0 Å². The molecule has 2 aromatic rings. The van der Waals surface area contributed by atoms with E-state index in [0.29, 0.717) is 6.54 Å². The van der Waals surface area contributed by atoms with E-state index in [-0.39, 0.29) is 12.1 Å². The third-order valence-corrected chi connectivity index (χ3v) is 6.77. The van der Waals surface area contributed by atoms with Gasteiger partial charge in [0, 0.05) is 44.1 Å². The van der Waals surface area contributed by atoms with Crippen molar-refractivity contribution >= 4 is 17.3 Å². The molecule has 31 heavy (non-hydrogen) atoms. The van der Waals surface area contributed by atoms with Gasteiger partial charge in [0.2, 0.25) is 0 Å². The molecule has 4 rings (SSSR count). The summed E-state index contributed by atoms with van der Waals surface area (Å²) in [6.45, 7) is 6.60. The first-order valence-corrected chi connectivity index (χ1v) is 12.3. The molecule has 170 valence electrons. The summed E-state index contributed by atoms with van der Waals surface area (Å²) in [6.07, 6.45) is 6.32. The van der Waals surface area contributed by atoms with Crippen LogP contribution in [-0.4, -0.2) is 69.5 Å². The van der Waals surface area contributed by atoms with E-state index in [2.05, 4.69) is 33.0 Å².